The van der Waals surface area contributed by atoms with E-state index in [2.05, 4.69) is 9.98 Å². The van der Waals surface area contributed by atoms with E-state index in [1.807, 2.05) is 42.2 Å². The summed E-state index contributed by atoms with van der Waals surface area (Å²) >= 11 is 0. The van der Waals surface area contributed by atoms with E-state index in [9.17, 15) is 4.79 Å². The second kappa shape index (κ2) is 7.30. The van der Waals surface area contributed by atoms with Crippen LogP contribution in [0.5, 0.6) is 5.75 Å². The molecule has 5 rings (SSSR count). The van der Waals surface area contributed by atoms with Gasteiger partial charge in [-0.2, -0.15) is 4.99 Å². The van der Waals surface area contributed by atoms with Gasteiger partial charge < -0.3 is 21.2 Å². The van der Waals surface area contributed by atoms with Crippen molar-refractivity contribution in [1.82, 2.24) is 4.98 Å². The SMILES string of the molecule is CCOc1ccc2[nH]c3cc(N4C(N)=NC(N)=NC45CCCCC5)ccc3c(=O)c2c1. The largest absolute Gasteiger partial charge is 0.494 e. The van der Waals surface area contributed by atoms with Crippen LogP contribution in [-0.4, -0.2) is 29.2 Å². The van der Waals surface area contributed by atoms with Crippen LogP contribution in [0.3, 0.4) is 0 Å². The van der Waals surface area contributed by atoms with Crippen LogP contribution >= 0.6 is 0 Å². The van der Waals surface area contributed by atoms with Crippen LogP contribution in [0.25, 0.3) is 21.8 Å². The second-order valence-corrected chi connectivity index (χ2v) is 8.14. The molecule has 0 amide bonds. The van der Waals surface area contributed by atoms with Gasteiger partial charge in [-0.15, -0.1) is 0 Å². The summed E-state index contributed by atoms with van der Waals surface area (Å²) in [6, 6.07) is 11.2. The van der Waals surface area contributed by atoms with Gasteiger partial charge in [0.1, 0.15) is 11.4 Å². The summed E-state index contributed by atoms with van der Waals surface area (Å²) in [5.74, 6) is 1.24. The lowest BCUT2D eigenvalue weighted by atomic mass is 9.87. The Kier molecular flexibility index (Phi) is 4.57. The molecule has 0 unspecified atom stereocenters. The fourth-order valence-electron chi connectivity index (χ4n) is 4.83. The summed E-state index contributed by atoms with van der Waals surface area (Å²) in [6.45, 7) is 2.47. The van der Waals surface area contributed by atoms with Gasteiger partial charge >= 0.3 is 0 Å². The van der Waals surface area contributed by atoms with Crippen molar-refractivity contribution in [3.8, 4) is 5.75 Å². The minimum atomic E-state index is -0.522. The molecule has 2 aromatic carbocycles. The topological polar surface area (TPSA) is 122 Å². The van der Waals surface area contributed by atoms with Crippen LogP contribution in [0.1, 0.15) is 39.0 Å². The lowest BCUT2D eigenvalue weighted by Crippen LogP contribution is -2.58. The quantitative estimate of drug-likeness (QED) is 0.564. The average Bonchev–Trinajstić information content (AvgIpc) is 2.74. The minimum Gasteiger partial charge on any atom is -0.494 e. The Balaban J connectivity index is 1.65. The van der Waals surface area contributed by atoms with E-state index in [1.165, 1.54) is 6.42 Å². The van der Waals surface area contributed by atoms with Gasteiger partial charge in [-0.1, -0.05) is 6.42 Å². The summed E-state index contributed by atoms with van der Waals surface area (Å²) < 4.78 is 5.55. The number of aromatic amines is 1. The average molecular weight is 419 g/mol. The molecule has 1 spiro atoms. The predicted molar refractivity (Wildman–Crippen MR) is 125 cm³/mol. The number of fused-ring (bicyclic) bond motifs is 2. The number of aromatic nitrogens is 1. The zero-order valence-electron chi connectivity index (χ0n) is 17.5. The molecule has 1 saturated carbocycles. The maximum atomic E-state index is 13.2. The third-order valence-electron chi connectivity index (χ3n) is 6.17. The molecule has 0 bridgehead atoms. The number of nitrogens with one attached hydrogen (secondary N) is 1. The molecule has 2 heterocycles. The number of ether oxygens (including phenoxy) is 1. The van der Waals surface area contributed by atoms with Crippen molar-refractivity contribution < 1.29 is 4.74 Å². The van der Waals surface area contributed by atoms with Crippen molar-refractivity contribution in [3.05, 3.63) is 46.6 Å². The number of aliphatic imine (C=N–C) groups is 2. The highest BCUT2D eigenvalue weighted by molar-refractivity contribution is 6.06. The van der Waals surface area contributed by atoms with Gasteiger partial charge in [0.15, 0.2) is 5.43 Å². The molecule has 1 aromatic heterocycles. The Bertz CT molecular complexity index is 1290. The maximum Gasteiger partial charge on any atom is 0.220 e. The van der Waals surface area contributed by atoms with E-state index in [4.69, 9.17) is 21.2 Å². The van der Waals surface area contributed by atoms with Crippen LogP contribution in [0.2, 0.25) is 0 Å². The predicted octanol–water partition coefficient (Wildman–Crippen LogP) is 3.19. The zero-order chi connectivity index (χ0) is 21.6. The van der Waals surface area contributed by atoms with E-state index in [0.29, 0.717) is 29.1 Å². The van der Waals surface area contributed by atoms with Crippen molar-refractivity contribution >= 4 is 39.4 Å². The van der Waals surface area contributed by atoms with E-state index in [-0.39, 0.29) is 11.4 Å². The van der Waals surface area contributed by atoms with Crippen molar-refractivity contribution in [2.45, 2.75) is 44.7 Å². The third kappa shape index (κ3) is 3.19. The Labute approximate surface area is 179 Å². The molecule has 1 aliphatic carbocycles. The molecule has 1 fully saturated rings. The van der Waals surface area contributed by atoms with Crippen LogP contribution in [0.15, 0.2) is 51.2 Å². The number of rotatable bonds is 3. The molecule has 0 radical (unpaired) electrons. The summed E-state index contributed by atoms with van der Waals surface area (Å²) in [4.78, 5) is 27.5. The van der Waals surface area contributed by atoms with Crippen LogP contribution < -0.4 is 26.5 Å². The number of nitrogens with zero attached hydrogens (tertiary/aromatic N) is 3. The lowest BCUT2D eigenvalue weighted by molar-refractivity contribution is 0.305. The number of hydrogen-bond donors (Lipinski definition) is 3. The standard InChI is InChI=1S/C23H26N6O2/c1-2-31-15-7-9-18-17(13-15)20(30)16-8-6-14(12-19(16)26-18)29-22(25)27-21(24)28-23(29)10-4-3-5-11-23/h6-9,12-13H,2-5,10-11H2,1H3,(H,26,30)(H4,24,25,27,28). The van der Waals surface area contributed by atoms with Crippen molar-refractivity contribution in [3.63, 3.8) is 0 Å². The van der Waals surface area contributed by atoms with Gasteiger partial charge in [0.2, 0.25) is 11.9 Å². The lowest BCUT2D eigenvalue weighted by Gasteiger charge is -2.45. The smallest absolute Gasteiger partial charge is 0.220 e. The normalized spacial score (nSPS) is 18.3. The number of hydrogen-bond acceptors (Lipinski definition) is 7. The minimum absolute atomic E-state index is 0.0354. The van der Waals surface area contributed by atoms with Gasteiger partial charge in [-0.05, 0) is 69.0 Å². The van der Waals surface area contributed by atoms with Gasteiger partial charge in [0.05, 0.1) is 17.6 Å². The number of H-pyrrole nitrogens is 1. The summed E-state index contributed by atoms with van der Waals surface area (Å²) in [6.07, 6.45) is 4.99. The zero-order valence-corrected chi connectivity index (χ0v) is 17.5. The molecular formula is C23H26N6O2. The molecule has 160 valence electrons. The molecule has 3 aromatic rings. The van der Waals surface area contributed by atoms with E-state index >= 15 is 0 Å². The van der Waals surface area contributed by atoms with Crippen LogP contribution in [-0.2, 0) is 0 Å². The van der Waals surface area contributed by atoms with Crippen molar-refractivity contribution in [2.24, 2.45) is 21.5 Å². The number of pyridine rings is 1. The highest BCUT2D eigenvalue weighted by atomic mass is 16.5. The summed E-state index contributed by atoms with van der Waals surface area (Å²) in [5, 5.41) is 1.21. The third-order valence-corrected chi connectivity index (χ3v) is 6.17. The molecule has 8 nitrogen and oxygen atoms in total. The van der Waals surface area contributed by atoms with E-state index < -0.39 is 5.66 Å². The Hall–Kier alpha value is -3.55. The Morgan fingerprint density at radius 3 is 2.65 bits per heavy atom. The van der Waals surface area contributed by atoms with E-state index in [1.54, 1.807) is 6.07 Å². The highest BCUT2D eigenvalue weighted by Gasteiger charge is 2.42. The number of nitrogens with two attached hydrogens (primary N) is 2. The highest BCUT2D eigenvalue weighted by Crippen LogP contribution is 2.40. The molecule has 0 saturated heterocycles. The molecule has 31 heavy (non-hydrogen) atoms. The monoisotopic (exact) mass is 418 g/mol. The number of benzene rings is 2. The fourth-order valence-corrected chi connectivity index (χ4v) is 4.83. The molecule has 1 aliphatic heterocycles. The van der Waals surface area contributed by atoms with Crippen LogP contribution in [0, 0.1) is 0 Å². The molecular weight excluding hydrogens is 392 g/mol. The number of anilines is 1. The Morgan fingerprint density at radius 2 is 1.87 bits per heavy atom. The second-order valence-electron chi connectivity index (χ2n) is 8.14. The van der Waals surface area contributed by atoms with Gasteiger partial charge in [-0.3, -0.25) is 9.69 Å². The van der Waals surface area contributed by atoms with Gasteiger partial charge in [0, 0.05) is 16.5 Å². The maximum absolute atomic E-state index is 13.2. The van der Waals surface area contributed by atoms with Gasteiger partial charge in [0.25, 0.3) is 0 Å². The Morgan fingerprint density at radius 1 is 1.06 bits per heavy atom. The van der Waals surface area contributed by atoms with E-state index in [0.717, 1.165) is 42.4 Å². The molecule has 0 atom stereocenters. The summed E-state index contributed by atoms with van der Waals surface area (Å²) in [7, 11) is 0. The van der Waals surface area contributed by atoms with Crippen molar-refractivity contribution in [1.29, 1.82) is 0 Å². The molecule has 5 N–H and O–H groups in total. The fraction of sp³-hybridized carbons (Fsp3) is 0.348. The molecule has 8 heteroatoms. The van der Waals surface area contributed by atoms with Gasteiger partial charge in [-0.25, -0.2) is 4.99 Å². The first-order chi connectivity index (χ1) is 15.0. The molecule has 2 aliphatic rings. The first kappa shape index (κ1) is 19.4. The summed E-state index contributed by atoms with van der Waals surface area (Å²) in [5.41, 5.74) is 14.1. The van der Waals surface area contributed by atoms with Crippen LogP contribution in [0.4, 0.5) is 5.69 Å². The van der Waals surface area contributed by atoms with Crippen molar-refractivity contribution in [2.75, 3.05) is 11.5 Å². The first-order valence-electron chi connectivity index (χ1n) is 10.7. The number of guanidine groups is 2. The first-order valence-corrected chi connectivity index (χ1v) is 10.7.